The van der Waals surface area contributed by atoms with Gasteiger partial charge in [-0.1, -0.05) is 17.7 Å². The zero-order chi connectivity index (χ0) is 15.3. The van der Waals surface area contributed by atoms with Crippen LogP contribution in [0.3, 0.4) is 0 Å². The minimum Gasteiger partial charge on any atom is -0.339 e. The lowest BCUT2D eigenvalue weighted by Crippen LogP contribution is -1.99. The van der Waals surface area contributed by atoms with Crippen LogP contribution in [0.5, 0.6) is 0 Å². The lowest BCUT2D eigenvalue weighted by molar-refractivity contribution is 0.917. The minimum absolute atomic E-state index is 0.273. The van der Waals surface area contributed by atoms with Crippen molar-refractivity contribution < 1.29 is 0 Å². The first-order chi connectivity index (χ1) is 10.6. The largest absolute Gasteiger partial charge is 0.339 e. The number of nitrogens with one attached hydrogen (secondary N) is 1. The zero-order valence-electron chi connectivity index (χ0n) is 11.9. The molecule has 0 bridgehead atoms. The van der Waals surface area contributed by atoms with Gasteiger partial charge in [0.1, 0.15) is 10.6 Å². The van der Waals surface area contributed by atoms with Crippen molar-refractivity contribution in [1.82, 2.24) is 9.97 Å². The molecule has 0 unspecified atom stereocenters. The Balaban J connectivity index is 1.89. The van der Waals surface area contributed by atoms with Crippen LogP contribution in [0.25, 0.3) is 10.2 Å². The Morgan fingerprint density at radius 2 is 2.05 bits per heavy atom. The van der Waals surface area contributed by atoms with Gasteiger partial charge in [-0.2, -0.15) is 4.98 Å². The van der Waals surface area contributed by atoms with E-state index in [1.807, 2.05) is 25.1 Å². The summed E-state index contributed by atoms with van der Waals surface area (Å²) < 4.78 is 0. The van der Waals surface area contributed by atoms with E-state index in [2.05, 4.69) is 15.3 Å². The predicted octanol–water partition coefficient (Wildman–Crippen LogP) is 5.54. The summed E-state index contributed by atoms with van der Waals surface area (Å²) in [6.07, 6.45) is 3.42. The van der Waals surface area contributed by atoms with Crippen LogP contribution in [0.1, 0.15) is 22.4 Å². The van der Waals surface area contributed by atoms with Crippen LogP contribution in [0, 0.1) is 6.92 Å². The quantitative estimate of drug-likeness (QED) is 0.617. The van der Waals surface area contributed by atoms with E-state index in [0.717, 1.165) is 40.1 Å². The molecule has 0 amide bonds. The normalized spacial score (nSPS) is 13.6. The van der Waals surface area contributed by atoms with Crippen molar-refractivity contribution in [2.24, 2.45) is 0 Å². The molecule has 0 fully saturated rings. The van der Waals surface area contributed by atoms with E-state index in [9.17, 15) is 0 Å². The Hall–Kier alpha value is -1.36. The van der Waals surface area contributed by atoms with Crippen molar-refractivity contribution in [3.05, 3.63) is 44.5 Å². The lowest BCUT2D eigenvalue weighted by Gasteiger charge is -2.11. The Bertz CT molecular complexity index is 889. The number of thiophene rings is 1. The Morgan fingerprint density at radius 3 is 2.91 bits per heavy atom. The third kappa shape index (κ3) is 2.35. The standard InChI is InChI=1S/C16H13Cl2N3S/c1-8-5-6-9(17)7-11(8)19-14-13-10-3-2-4-12(10)22-15(13)21-16(18)20-14/h5-7H,2-4H2,1H3,(H,19,20,21). The molecule has 0 radical (unpaired) electrons. The van der Waals surface area contributed by atoms with Crippen LogP contribution in [0.2, 0.25) is 10.3 Å². The van der Waals surface area contributed by atoms with Gasteiger partial charge in [0, 0.05) is 15.6 Å². The summed E-state index contributed by atoms with van der Waals surface area (Å²) in [5, 5.41) is 5.48. The summed E-state index contributed by atoms with van der Waals surface area (Å²) in [6.45, 7) is 2.04. The molecule has 1 aliphatic carbocycles. The smallest absolute Gasteiger partial charge is 0.225 e. The van der Waals surface area contributed by atoms with E-state index in [1.165, 1.54) is 16.9 Å². The molecule has 3 nitrogen and oxygen atoms in total. The molecule has 0 atom stereocenters. The molecule has 0 saturated carbocycles. The number of halogens is 2. The second kappa shape index (κ2) is 5.37. The molecule has 0 spiro atoms. The number of hydrogen-bond acceptors (Lipinski definition) is 4. The Labute approximate surface area is 142 Å². The van der Waals surface area contributed by atoms with Gasteiger partial charge in [0.05, 0.1) is 5.39 Å². The van der Waals surface area contributed by atoms with Gasteiger partial charge < -0.3 is 5.32 Å². The molecule has 6 heteroatoms. The molecule has 1 aliphatic rings. The van der Waals surface area contributed by atoms with Crippen LogP contribution in [0.4, 0.5) is 11.5 Å². The second-order valence-corrected chi connectivity index (χ2v) is 7.32. The monoisotopic (exact) mass is 349 g/mol. The van der Waals surface area contributed by atoms with Gasteiger partial charge >= 0.3 is 0 Å². The topological polar surface area (TPSA) is 37.8 Å². The summed E-state index contributed by atoms with van der Waals surface area (Å²) in [7, 11) is 0. The zero-order valence-corrected chi connectivity index (χ0v) is 14.2. The molecule has 2 heterocycles. The highest BCUT2D eigenvalue weighted by molar-refractivity contribution is 7.19. The fraction of sp³-hybridized carbons (Fsp3) is 0.250. The highest BCUT2D eigenvalue weighted by Crippen LogP contribution is 2.41. The van der Waals surface area contributed by atoms with Gasteiger partial charge in [-0.15, -0.1) is 11.3 Å². The molecule has 3 aromatic rings. The summed E-state index contributed by atoms with van der Waals surface area (Å²) in [6, 6.07) is 5.78. The maximum absolute atomic E-state index is 6.11. The van der Waals surface area contributed by atoms with Crippen molar-refractivity contribution in [1.29, 1.82) is 0 Å². The molecule has 2 aromatic heterocycles. The van der Waals surface area contributed by atoms with Crippen LogP contribution < -0.4 is 5.32 Å². The van der Waals surface area contributed by atoms with Crippen LogP contribution >= 0.6 is 34.5 Å². The number of aryl methyl sites for hydroxylation is 3. The predicted molar refractivity (Wildman–Crippen MR) is 93.9 cm³/mol. The van der Waals surface area contributed by atoms with E-state index < -0.39 is 0 Å². The first-order valence-electron chi connectivity index (χ1n) is 7.13. The van der Waals surface area contributed by atoms with Crippen LogP contribution in [-0.4, -0.2) is 9.97 Å². The number of anilines is 2. The first kappa shape index (κ1) is 14.2. The Kier molecular flexibility index (Phi) is 3.48. The lowest BCUT2D eigenvalue weighted by atomic mass is 10.1. The summed E-state index contributed by atoms with van der Waals surface area (Å²) >= 11 is 13.9. The van der Waals surface area contributed by atoms with Crippen LogP contribution in [-0.2, 0) is 12.8 Å². The van der Waals surface area contributed by atoms with Crippen molar-refractivity contribution in [2.45, 2.75) is 26.2 Å². The van der Waals surface area contributed by atoms with E-state index in [4.69, 9.17) is 23.2 Å². The first-order valence-corrected chi connectivity index (χ1v) is 8.70. The molecule has 0 saturated heterocycles. The number of nitrogens with zero attached hydrogens (tertiary/aromatic N) is 2. The van der Waals surface area contributed by atoms with Crippen molar-refractivity contribution in [3.8, 4) is 0 Å². The van der Waals surface area contributed by atoms with Gasteiger partial charge in [0.25, 0.3) is 0 Å². The summed E-state index contributed by atoms with van der Waals surface area (Å²) in [5.41, 5.74) is 3.43. The van der Waals surface area contributed by atoms with Gasteiger partial charge in [-0.05, 0) is 61.0 Å². The number of aromatic nitrogens is 2. The fourth-order valence-corrected chi connectivity index (χ4v) is 4.57. The number of benzene rings is 1. The van der Waals surface area contributed by atoms with Crippen molar-refractivity contribution >= 4 is 56.3 Å². The molecular formula is C16H13Cl2N3S. The maximum Gasteiger partial charge on any atom is 0.225 e. The van der Waals surface area contributed by atoms with Gasteiger partial charge in [0.15, 0.2) is 0 Å². The number of hydrogen-bond donors (Lipinski definition) is 1. The number of fused-ring (bicyclic) bond motifs is 3. The highest BCUT2D eigenvalue weighted by Gasteiger charge is 2.22. The SMILES string of the molecule is Cc1ccc(Cl)cc1Nc1nc(Cl)nc2sc3c(c12)CCC3. The van der Waals surface area contributed by atoms with E-state index >= 15 is 0 Å². The third-order valence-corrected chi connectivity index (χ3v) is 5.58. The fourth-order valence-electron chi connectivity index (χ4n) is 2.92. The van der Waals surface area contributed by atoms with Gasteiger partial charge in [0.2, 0.25) is 5.28 Å². The summed E-state index contributed by atoms with van der Waals surface area (Å²) in [5.74, 6) is 0.778. The second-order valence-electron chi connectivity index (χ2n) is 5.46. The third-order valence-electron chi connectivity index (χ3n) is 3.99. The maximum atomic E-state index is 6.11. The molecule has 1 N–H and O–H groups in total. The average Bonchev–Trinajstić information content (AvgIpc) is 3.02. The molecular weight excluding hydrogens is 337 g/mol. The number of rotatable bonds is 2. The Morgan fingerprint density at radius 1 is 1.18 bits per heavy atom. The molecule has 112 valence electrons. The molecule has 22 heavy (non-hydrogen) atoms. The average molecular weight is 350 g/mol. The molecule has 0 aliphatic heterocycles. The van der Waals surface area contributed by atoms with E-state index in [0.29, 0.717) is 5.02 Å². The summed E-state index contributed by atoms with van der Waals surface area (Å²) in [4.78, 5) is 11.2. The van der Waals surface area contributed by atoms with Gasteiger partial charge in [-0.25, -0.2) is 4.98 Å². The van der Waals surface area contributed by atoms with Crippen molar-refractivity contribution in [3.63, 3.8) is 0 Å². The van der Waals surface area contributed by atoms with Crippen molar-refractivity contribution in [2.75, 3.05) is 5.32 Å². The van der Waals surface area contributed by atoms with E-state index in [1.54, 1.807) is 11.3 Å². The highest BCUT2D eigenvalue weighted by atomic mass is 35.5. The van der Waals surface area contributed by atoms with Crippen LogP contribution in [0.15, 0.2) is 18.2 Å². The van der Waals surface area contributed by atoms with E-state index in [-0.39, 0.29) is 5.28 Å². The minimum atomic E-state index is 0.273. The van der Waals surface area contributed by atoms with Gasteiger partial charge in [-0.3, -0.25) is 0 Å². The molecule has 4 rings (SSSR count). The molecule has 1 aromatic carbocycles.